The number of aliphatic hydroxyl groups excluding tert-OH is 3. The van der Waals surface area contributed by atoms with Gasteiger partial charge in [-0.3, -0.25) is 4.57 Å². The Kier molecular flexibility index (Phi) is 4.57. The van der Waals surface area contributed by atoms with Crippen LogP contribution in [0.25, 0.3) is 11.2 Å². The molecule has 5 N–H and O–H groups in total. The lowest BCUT2D eigenvalue weighted by Gasteiger charge is -2.39. The summed E-state index contributed by atoms with van der Waals surface area (Å²) >= 11 is 5.78. The number of fused-ring (bicyclic) bond motifs is 1. The SMILES string of the molecule is CC(C)[C@](C)(CO)[C@@H](O)[C@@H](O)n1cnc2c(N)nc(Cl)nc21. The number of nitrogens with two attached hydrogens (primary N) is 1. The second-order valence-corrected chi connectivity index (χ2v) is 6.22. The Bertz CT molecular complexity index is 677. The van der Waals surface area contributed by atoms with Crippen molar-refractivity contribution in [1.82, 2.24) is 19.5 Å². The molecule has 0 aromatic carbocycles. The molecule has 0 aliphatic heterocycles. The van der Waals surface area contributed by atoms with Gasteiger partial charge in [0.25, 0.3) is 0 Å². The summed E-state index contributed by atoms with van der Waals surface area (Å²) in [4.78, 5) is 11.8. The molecule has 0 aliphatic carbocycles. The number of hydrogen-bond acceptors (Lipinski definition) is 7. The van der Waals surface area contributed by atoms with Gasteiger partial charge in [-0.25, -0.2) is 4.98 Å². The summed E-state index contributed by atoms with van der Waals surface area (Å²) in [5.74, 6) is 0.0180. The van der Waals surface area contributed by atoms with E-state index in [4.69, 9.17) is 17.3 Å². The minimum Gasteiger partial charge on any atom is -0.396 e. The van der Waals surface area contributed by atoms with Crippen LogP contribution in [0.2, 0.25) is 5.28 Å². The first-order valence-corrected chi connectivity index (χ1v) is 7.22. The molecule has 2 rings (SSSR count). The highest BCUT2D eigenvalue weighted by molar-refractivity contribution is 6.28. The van der Waals surface area contributed by atoms with E-state index < -0.39 is 17.7 Å². The lowest BCUT2D eigenvalue weighted by Crippen LogP contribution is -2.45. The van der Waals surface area contributed by atoms with Crippen LogP contribution >= 0.6 is 11.6 Å². The van der Waals surface area contributed by atoms with Gasteiger partial charge in [0.1, 0.15) is 11.6 Å². The second kappa shape index (κ2) is 5.96. The van der Waals surface area contributed by atoms with Crippen molar-refractivity contribution in [2.24, 2.45) is 11.3 Å². The fourth-order valence-corrected chi connectivity index (χ4v) is 2.39. The highest BCUT2D eigenvalue weighted by Gasteiger charge is 2.41. The number of rotatable bonds is 5. The minimum absolute atomic E-state index is 0.0692. The molecule has 2 heterocycles. The van der Waals surface area contributed by atoms with Crippen LogP contribution in [0, 0.1) is 11.3 Å². The second-order valence-electron chi connectivity index (χ2n) is 5.88. The largest absolute Gasteiger partial charge is 0.396 e. The maximum absolute atomic E-state index is 10.5. The maximum Gasteiger partial charge on any atom is 0.226 e. The topological polar surface area (TPSA) is 130 Å². The zero-order chi connectivity index (χ0) is 16.7. The summed E-state index contributed by atoms with van der Waals surface area (Å²) in [5.41, 5.74) is 5.31. The fourth-order valence-electron chi connectivity index (χ4n) is 2.21. The van der Waals surface area contributed by atoms with Gasteiger partial charge in [-0.15, -0.1) is 0 Å². The van der Waals surface area contributed by atoms with Crippen molar-refractivity contribution in [3.63, 3.8) is 0 Å². The van der Waals surface area contributed by atoms with Gasteiger partial charge in [0, 0.05) is 5.41 Å². The molecule has 0 radical (unpaired) electrons. The van der Waals surface area contributed by atoms with Crippen LogP contribution in [-0.2, 0) is 0 Å². The van der Waals surface area contributed by atoms with E-state index in [2.05, 4.69) is 15.0 Å². The molecule has 9 heteroatoms. The number of nitrogen functional groups attached to an aromatic ring is 1. The van der Waals surface area contributed by atoms with Crippen molar-refractivity contribution in [2.45, 2.75) is 33.1 Å². The summed E-state index contributed by atoms with van der Waals surface area (Å²) < 4.78 is 1.26. The van der Waals surface area contributed by atoms with E-state index in [1.807, 2.05) is 13.8 Å². The number of imidazole rings is 1. The first kappa shape index (κ1) is 16.9. The van der Waals surface area contributed by atoms with Crippen molar-refractivity contribution in [2.75, 3.05) is 12.3 Å². The highest BCUT2D eigenvalue weighted by Crippen LogP contribution is 2.36. The molecule has 3 atom stereocenters. The zero-order valence-electron chi connectivity index (χ0n) is 12.6. The molecule has 0 aliphatic rings. The molecule has 0 unspecified atom stereocenters. The third kappa shape index (κ3) is 2.63. The van der Waals surface area contributed by atoms with Gasteiger partial charge >= 0.3 is 0 Å². The smallest absolute Gasteiger partial charge is 0.226 e. The number of nitrogens with zero attached hydrogens (tertiary/aromatic N) is 4. The summed E-state index contributed by atoms with van der Waals surface area (Å²) in [6.45, 7) is 5.12. The molecular formula is C13H20ClN5O3. The zero-order valence-corrected chi connectivity index (χ0v) is 13.4. The van der Waals surface area contributed by atoms with E-state index in [-0.39, 0.29) is 34.8 Å². The fraction of sp³-hybridized carbons (Fsp3) is 0.615. The quantitative estimate of drug-likeness (QED) is 0.590. The Morgan fingerprint density at radius 3 is 2.55 bits per heavy atom. The Labute approximate surface area is 132 Å². The van der Waals surface area contributed by atoms with Crippen LogP contribution in [0.4, 0.5) is 5.82 Å². The third-order valence-electron chi connectivity index (χ3n) is 4.32. The third-order valence-corrected chi connectivity index (χ3v) is 4.49. The van der Waals surface area contributed by atoms with E-state index in [1.54, 1.807) is 6.92 Å². The molecule has 0 bridgehead atoms. The Balaban J connectivity index is 2.48. The molecular weight excluding hydrogens is 310 g/mol. The Hall–Kier alpha value is -1.48. The monoisotopic (exact) mass is 329 g/mol. The molecule has 0 fully saturated rings. The molecule has 0 saturated heterocycles. The van der Waals surface area contributed by atoms with Crippen molar-refractivity contribution in [1.29, 1.82) is 0 Å². The van der Waals surface area contributed by atoms with E-state index in [1.165, 1.54) is 10.9 Å². The predicted molar refractivity (Wildman–Crippen MR) is 82.0 cm³/mol. The molecule has 0 spiro atoms. The molecule has 8 nitrogen and oxygen atoms in total. The lowest BCUT2D eigenvalue weighted by molar-refractivity contribution is -0.125. The van der Waals surface area contributed by atoms with Gasteiger partial charge in [0.2, 0.25) is 5.28 Å². The number of aromatic nitrogens is 4. The van der Waals surface area contributed by atoms with Crippen molar-refractivity contribution < 1.29 is 15.3 Å². The molecule has 2 aromatic heterocycles. The minimum atomic E-state index is -1.37. The summed E-state index contributed by atoms with van der Waals surface area (Å²) in [5, 5.41) is 30.5. The van der Waals surface area contributed by atoms with Crippen LogP contribution in [0.5, 0.6) is 0 Å². The lowest BCUT2D eigenvalue weighted by atomic mass is 9.74. The van der Waals surface area contributed by atoms with Crippen LogP contribution in [0.1, 0.15) is 27.0 Å². The predicted octanol–water partition coefficient (Wildman–Crippen LogP) is 0.568. The molecule has 0 amide bonds. The maximum atomic E-state index is 10.5. The van der Waals surface area contributed by atoms with Crippen molar-refractivity contribution >= 4 is 28.6 Å². The average Bonchev–Trinajstić information content (AvgIpc) is 2.88. The number of hydrogen-bond donors (Lipinski definition) is 4. The van der Waals surface area contributed by atoms with Crippen molar-refractivity contribution in [3.8, 4) is 0 Å². The summed E-state index contributed by atoms with van der Waals surface area (Å²) in [6, 6.07) is 0. The van der Waals surface area contributed by atoms with Crippen LogP contribution in [-0.4, -0.2) is 47.5 Å². The van der Waals surface area contributed by atoms with Crippen molar-refractivity contribution in [3.05, 3.63) is 11.6 Å². The van der Waals surface area contributed by atoms with Gasteiger partial charge in [-0.05, 0) is 17.5 Å². The first-order valence-electron chi connectivity index (χ1n) is 6.85. The van der Waals surface area contributed by atoms with E-state index in [0.29, 0.717) is 0 Å². The normalized spacial score (nSPS) is 17.6. The molecule has 122 valence electrons. The highest BCUT2D eigenvalue weighted by atomic mass is 35.5. The van der Waals surface area contributed by atoms with E-state index in [0.717, 1.165) is 0 Å². The van der Waals surface area contributed by atoms with Gasteiger partial charge in [-0.2, -0.15) is 9.97 Å². The molecule has 2 aromatic rings. The molecule has 0 saturated carbocycles. The van der Waals surface area contributed by atoms with E-state index in [9.17, 15) is 15.3 Å². The van der Waals surface area contributed by atoms with Gasteiger partial charge in [0.15, 0.2) is 17.7 Å². The van der Waals surface area contributed by atoms with Crippen LogP contribution < -0.4 is 5.73 Å². The average molecular weight is 330 g/mol. The van der Waals surface area contributed by atoms with Gasteiger partial charge in [-0.1, -0.05) is 20.8 Å². The van der Waals surface area contributed by atoms with Crippen LogP contribution in [0.15, 0.2) is 6.33 Å². The Morgan fingerprint density at radius 2 is 2.00 bits per heavy atom. The number of anilines is 1. The summed E-state index contributed by atoms with van der Waals surface area (Å²) in [6.07, 6.45) is -1.31. The van der Waals surface area contributed by atoms with Crippen LogP contribution in [0.3, 0.4) is 0 Å². The van der Waals surface area contributed by atoms with Gasteiger partial charge < -0.3 is 21.1 Å². The number of aliphatic hydroxyl groups is 3. The summed E-state index contributed by atoms with van der Waals surface area (Å²) in [7, 11) is 0. The first-order chi connectivity index (χ1) is 10.2. The van der Waals surface area contributed by atoms with Gasteiger partial charge in [0.05, 0.1) is 12.9 Å². The standard InChI is InChI=1S/C13H20ClN5O3/c1-6(2)13(3,4-20)8(21)11(22)19-5-16-7-9(15)17-12(14)18-10(7)19/h5-6,8,11,20-22H,4H2,1-3H3,(H2,15,17,18)/t8-,11+,13-/m0/s1. The number of halogens is 1. The Morgan fingerprint density at radius 1 is 1.36 bits per heavy atom. The van der Waals surface area contributed by atoms with E-state index >= 15 is 0 Å². The molecule has 22 heavy (non-hydrogen) atoms.